The van der Waals surface area contributed by atoms with Crippen molar-refractivity contribution in [1.29, 1.82) is 0 Å². The van der Waals surface area contributed by atoms with E-state index >= 15 is 14.4 Å². The number of Topliss-reactive ketones (excluding diaryl/α,β-unsaturated/α-hetero) is 2. The number of piperidine rings is 1. The van der Waals surface area contributed by atoms with E-state index in [1.807, 2.05) is 0 Å². The summed E-state index contributed by atoms with van der Waals surface area (Å²) >= 11 is 0. The summed E-state index contributed by atoms with van der Waals surface area (Å²) in [7, 11) is -4.07. The van der Waals surface area contributed by atoms with E-state index in [9.17, 15) is 18.0 Å². The first-order valence-corrected chi connectivity index (χ1v) is 25.9. The van der Waals surface area contributed by atoms with Crippen molar-refractivity contribution < 1.29 is 37.1 Å². The third-order valence-corrected chi connectivity index (χ3v) is 19.8. The van der Waals surface area contributed by atoms with Crippen molar-refractivity contribution >= 4 is 39.5 Å². The van der Waals surface area contributed by atoms with Crippen LogP contribution >= 0.6 is 0 Å². The molecule has 8 aliphatic rings. The molecular weight excluding hydrogens is 807 g/mol. The average molecular weight is 882 g/mol. The molecule has 0 aromatic heterocycles. The van der Waals surface area contributed by atoms with Gasteiger partial charge in [0, 0.05) is 63.1 Å². The third kappa shape index (κ3) is 7.94. The first kappa shape index (κ1) is 45.9. The molecule has 0 aromatic rings. The zero-order chi connectivity index (χ0) is 44.2. The molecule has 8 fully saturated rings. The minimum atomic E-state index is -4.07. The van der Waals surface area contributed by atoms with Gasteiger partial charge in [0.05, 0.1) is 23.5 Å². The molecule has 7 atom stereocenters. The zero-order valence-electron chi connectivity index (χ0n) is 38.1. The van der Waals surface area contributed by atoms with Crippen LogP contribution in [0.25, 0.3) is 0 Å². The Morgan fingerprint density at radius 1 is 0.806 bits per heavy atom. The fraction of sp³-hybridized carbons (Fsp3) is 0.854. The second-order valence-corrected chi connectivity index (χ2v) is 23.3. The second-order valence-electron chi connectivity index (χ2n) is 21.7. The van der Waals surface area contributed by atoms with Crippen molar-refractivity contribution in [3.63, 3.8) is 0 Å². The molecule has 4 heterocycles. The highest BCUT2D eigenvalue weighted by molar-refractivity contribution is 7.87. The first-order valence-electron chi connectivity index (χ1n) is 24.5. The molecule has 4 aliphatic heterocycles. The summed E-state index contributed by atoms with van der Waals surface area (Å²) < 4.78 is 36.0. The van der Waals surface area contributed by atoms with E-state index < -0.39 is 39.5 Å². The fourth-order valence-electron chi connectivity index (χ4n) is 14.1. The maximum Gasteiger partial charge on any atom is 0.303 e. The summed E-state index contributed by atoms with van der Waals surface area (Å²) in [5.41, 5.74) is -1.60. The Balaban J connectivity index is 1.07. The number of carbonyl (C=O) groups is 5. The third-order valence-electron chi connectivity index (χ3n) is 18.3. The Hall–Kier alpha value is -2.68. The lowest BCUT2D eigenvalue weighted by molar-refractivity contribution is -0.146. The minimum Gasteiger partial charge on any atom is -0.381 e. The molecule has 4 aliphatic carbocycles. The van der Waals surface area contributed by atoms with Crippen molar-refractivity contribution in [2.75, 3.05) is 39.4 Å². The number of hydrogen-bond acceptors (Lipinski definition) is 9. The summed E-state index contributed by atoms with van der Waals surface area (Å²) in [6.45, 7) is 15.7. The first-order chi connectivity index (χ1) is 29.5. The van der Waals surface area contributed by atoms with Crippen LogP contribution in [0.1, 0.15) is 150 Å². The van der Waals surface area contributed by atoms with Gasteiger partial charge >= 0.3 is 10.2 Å². The molecule has 4 saturated carbocycles. The molecule has 2 N–H and O–H groups in total. The molecule has 0 bridgehead atoms. The Labute approximate surface area is 370 Å². The van der Waals surface area contributed by atoms with E-state index in [2.05, 4.69) is 49.2 Å². The molecule has 8 rings (SSSR count). The summed E-state index contributed by atoms with van der Waals surface area (Å²) in [5, 5.41) is 3.31. The molecule has 62 heavy (non-hydrogen) atoms. The highest BCUT2D eigenvalue weighted by Crippen LogP contribution is 2.88. The SMILES string of the molecule is C=C[C@@H]1C[C@]1(CC(=O)[C@@H]1C[C@@]2(CN1C(=O)[C@@H](CC(=O)[C@@H](NC(=O)[C@@H]1CCCCN1C(C)C)C1CCCCC1)C1CCOCC1)C(C)(C)C21CCC1)C(=O)NS(=O)(=O)N1CCCC1. The maximum atomic E-state index is 15.6. The van der Waals surface area contributed by atoms with Crippen molar-refractivity contribution in [2.24, 2.45) is 45.3 Å². The van der Waals surface area contributed by atoms with Gasteiger partial charge in [0.15, 0.2) is 11.6 Å². The number of hydrogen-bond donors (Lipinski definition) is 2. The van der Waals surface area contributed by atoms with Crippen molar-refractivity contribution in [2.45, 2.75) is 174 Å². The number of carbonyl (C=O) groups excluding carboxylic acids is 5. The zero-order valence-corrected chi connectivity index (χ0v) is 38.9. The Morgan fingerprint density at radius 2 is 1.47 bits per heavy atom. The van der Waals surface area contributed by atoms with E-state index in [0.29, 0.717) is 58.5 Å². The maximum absolute atomic E-state index is 15.6. The summed E-state index contributed by atoms with van der Waals surface area (Å²) in [6.07, 6.45) is 15.7. The monoisotopic (exact) mass is 882 g/mol. The molecule has 3 amide bonds. The highest BCUT2D eigenvalue weighted by Gasteiger charge is 2.85. The average Bonchev–Trinajstić information content (AvgIpc) is 3.70. The van der Waals surface area contributed by atoms with Crippen LogP contribution in [0, 0.1) is 45.3 Å². The molecule has 0 radical (unpaired) electrons. The van der Waals surface area contributed by atoms with Crippen LogP contribution in [0.4, 0.5) is 0 Å². The predicted octanol–water partition coefficient (Wildman–Crippen LogP) is 5.72. The summed E-state index contributed by atoms with van der Waals surface area (Å²) in [6, 6.07) is -1.57. The predicted molar refractivity (Wildman–Crippen MR) is 235 cm³/mol. The molecule has 2 spiro atoms. The standard InChI is InChI=1S/C48H75N5O8S/c1-6-35-28-46(35,44(58)50-62(59,60)51-22-12-13-23-51)30-40(55)38-29-48(45(4,5)47(48)20-14-21-47)31-53(38)43(57)36(33-18-25-61-26-19-33)27-39(54)41(34-15-8-7-9-16-34)49-42(56)37-17-10-11-24-52(37)32(2)3/h6,32-38,41H,1,7-31H2,2-5H3,(H,49,56)(H,50,58)/t35-,36+,37+,38+,41+,46-,48-/m1/s1. The van der Waals surface area contributed by atoms with Crippen molar-refractivity contribution in [3.05, 3.63) is 12.7 Å². The van der Waals surface area contributed by atoms with Gasteiger partial charge in [0.2, 0.25) is 17.7 Å². The van der Waals surface area contributed by atoms with Gasteiger partial charge in [0.25, 0.3) is 0 Å². The van der Waals surface area contributed by atoms with Gasteiger partial charge in [-0.25, -0.2) is 4.72 Å². The fourth-order valence-corrected chi connectivity index (χ4v) is 15.4. The van der Waals surface area contributed by atoms with Crippen molar-refractivity contribution in [3.8, 4) is 0 Å². The Bertz CT molecular complexity index is 1860. The van der Waals surface area contributed by atoms with E-state index in [1.54, 1.807) is 11.0 Å². The normalized spacial score (nSPS) is 33.5. The van der Waals surface area contributed by atoms with Crippen LogP contribution in [0.5, 0.6) is 0 Å². The van der Waals surface area contributed by atoms with Crippen LogP contribution in [-0.2, 0) is 38.9 Å². The Kier molecular flexibility index (Phi) is 13.0. The van der Waals surface area contributed by atoms with Crippen LogP contribution in [-0.4, -0.2) is 115 Å². The molecule has 0 unspecified atom stereocenters. The number of likely N-dealkylation sites (tertiary alicyclic amines) is 2. The molecule has 14 heteroatoms. The number of rotatable bonds is 16. The lowest BCUT2D eigenvalue weighted by Crippen LogP contribution is -2.57. The van der Waals surface area contributed by atoms with Crippen LogP contribution in [0.15, 0.2) is 12.7 Å². The smallest absolute Gasteiger partial charge is 0.303 e. The topological polar surface area (TPSA) is 162 Å². The van der Waals surface area contributed by atoms with Gasteiger partial charge in [-0.05, 0) is 126 Å². The molecule has 4 saturated heterocycles. The number of ether oxygens (including phenoxy) is 1. The van der Waals surface area contributed by atoms with Crippen LogP contribution in [0.3, 0.4) is 0 Å². The number of nitrogens with zero attached hydrogens (tertiary/aromatic N) is 3. The summed E-state index contributed by atoms with van der Waals surface area (Å²) in [4.78, 5) is 77.9. The van der Waals surface area contributed by atoms with Crippen LogP contribution in [0.2, 0.25) is 0 Å². The molecule has 0 aromatic carbocycles. The van der Waals surface area contributed by atoms with Gasteiger partial charge in [-0.1, -0.05) is 52.0 Å². The van der Waals surface area contributed by atoms with Gasteiger partial charge in [-0.3, -0.25) is 28.9 Å². The Morgan fingerprint density at radius 3 is 2.06 bits per heavy atom. The molecule has 13 nitrogen and oxygen atoms in total. The van der Waals surface area contributed by atoms with Crippen LogP contribution < -0.4 is 10.0 Å². The van der Waals surface area contributed by atoms with Gasteiger partial charge in [0.1, 0.15) is 0 Å². The number of amides is 3. The van der Waals surface area contributed by atoms with E-state index in [0.717, 1.165) is 90.0 Å². The van der Waals surface area contributed by atoms with Gasteiger partial charge in [-0.2, -0.15) is 12.7 Å². The van der Waals surface area contributed by atoms with E-state index in [-0.39, 0.29) is 82.3 Å². The number of nitrogens with one attached hydrogen (secondary N) is 2. The lowest BCUT2D eigenvalue weighted by atomic mass is 9.73. The van der Waals surface area contributed by atoms with Gasteiger partial charge in [-0.15, -0.1) is 6.58 Å². The van der Waals surface area contributed by atoms with E-state index in [4.69, 9.17) is 4.74 Å². The number of ketones is 2. The minimum absolute atomic E-state index is 0.00446. The van der Waals surface area contributed by atoms with Crippen molar-refractivity contribution in [1.82, 2.24) is 24.1 Å². The highest BCUT2D eigenvalue weighted by atomic mass is 32.2. The number of allylic oxidation sites excluding steroid dienone is 1. The summed E-state index contributed by atoms with van der Waals surface area (Å²) in [5.74, 6) is -2.45. The quantitative estimate of drug-likeness (QED) is 0.185. The number of fused-ring (bicyclic) bond motifs is 1. The molecular formula is C48H75N5O8S. The second kappa shape index (κ2) is 17.6. The largest absolute Gasteiger partial charge is 0.381 e. The van der Waals surface area contributed by atoms with Gasteiger partial charge < -0.3 is 15.0 Å². The van der Waals surface area contributed by atoms with E-state index in [1.165, 1.54) is 4.31 Å². The molecule has 346 valence electrons. The lowest BCUT2D eigenvalue weighted by Gasteiger charge is -2.39.